The highest BCUT2D eigenvalue weighted by Gasteiger charge is 2.43. The molecule has 1 aliphatic heterocycles. The number of nitrogens with two attached hydrogens (primary N) is 1. The average molecular weight is 349 g/mol. The van der Waals surface area contributed by atoms with Gasteiger partial charge in [-0.05, 0) is 19.3 Å². The summed E-state index contributed by atoms with van der Waals surface area (Å²) in [4.78, 5) is 23.3. The Kier molecular flexibility index (Phi) is 3.99. The number of halogens is 3. The highest BCUT2D eigenvalue weighted by atomic mass is 19.4. The number of nitrogens with one attached hydrogen (secondary N) is 1. The third-order valence-corrected chi connectivity index (χ3v) is 3.51. The summed E-state index contributed by atoms with van der Waals surface area (Å²) >= 11 is 0. The molecule has 0 amide bonds. The van der Waals surface area contributed by atoms with Crippen LogP contribution in [0.2, 0.25) is 0 Å². The number of fused-ring (bicyclic) bond motifs is 1. The van der Waals surface area contributed by atoms with Crippen LogP contribution in [0.1, 0.15) is 31.1 Å². The standard InChI is InChI=1S/C12H14F3N5O4/c1-22-11-17-6-7(16)18-10(23-5-3-2-4-5)19-8(6)20(11)24-9(21)12(13,14)15/h5,7H,2-4,16H2,1H3,(H,18,19). The van der Waals surface area contributed by atoms with Crippen LogP contribution in [0.15, 0.2) is 4.99 Å². The van der Waals surface area contributed by atoms with Crippen LogP contribution in [0.3, 0.4) is 0 Å². The molecule has 2 aliphatic rings. The Morgan fingerprint density at radius 1 is 1.42 bits per heavy atom. The number of carbonyl (C=O) groups excluding carboxylic acids is 1. The summed E-state index contributed by atoms with van der Waals surface area (Å²) in [5.41, 5.74) is 5.92. The zero-order valence-corrected chi connectivity index (χ0v) is 12.5. The Morgan fingerprint density at radius 3 is 2.67 bits per heavy atom. The molecule has 2 heterocycles. The van der Waals surface area contributed by atoms with E-state index in [4.69, 9.17) is 15.2 Å². The van der Waals surface area contributed by atoms with Gasteiger partial charge in [-0.15, -0.1) is 4.73 Å². The van der Waals surface area contributed by atoms with E-state index in [0.717, 1.165) is 26.4 Å². The summed E-state index contributed by atoms with van der Waals surface area (Å²) in [5, 5.41) is 2.73. The van der Waals surface area contributed by atoms with Crippen molar-refractivity contribution in [3.63, 3.8) is 0 Å². The number of aromatic nitrogens is 2. The van der Waals surface area contributed by atoms with E-state index in [1.165, 1.54) is 0 Å². The minimum Gasteiger partial charge on any atom is -0.466 e. The summed E-state index contributed by atoms with van der Waals surface area (Å²) in [7, 11) is 1.15. The molecule has 1 atom stereocenters. The van der Waals surface area contributed by atoms with Crippen molar-refractivity contribution < 1.29 is 32.3 Å². The zero-order chi connectivity index (χ0) is 17.5. The number of ether oxygens (including phenoxy) is 2. The smallest absolute Gasteiger partial charge is 0.466 e. The number of alkyl halides is 3. The number of imidazole rings is 1. The first-order valence-corrected chi connectivity index (χ1v) is 7.03. The highest BCUT2D eigenvalue weighted by Crippen LogP contribution is 2.32. The number of nitrogens with zero attached hydrogens (tertiary/aromatic N) is 3. The van der Waals surface area contributed by atoms with Crippen molar-refractivity contribution in [3.8, 4) is 6.01 Å². The van der Waals surface area contributed by atoms with Crippen LogP contribution in [-0.4, -0.2) is 41.1 Å². The zero-order valence-electron chi connectivity index (χ0n) is 12.5. The molecule has 0 saturated heterocycles. The molecule has 24 heavy (non-hydrogen) atoms. The molecule has 1 aromatic heterocycles. The predicted molar refractivity (Wildman–Crippen MR) is 72.3 cm³/mol. The van der Waals surface area contributed by atoms with Gasteiger partial charge in [0.25, 0.3) is 6.02 Å². The van der Waals surface area contributed by atoms with E-state index in [1.807, 2.05) is 0 Å². The van der Waals surface area contributed by atoms with Gasteiger partial charge in [-0.2, -0.15) is 23.1 Å². The molecular formula is C12H14F3N5O4. The minimum absolute atomic E-state index is 0.0200. The van der Waals surface area contributed by atoms with Crippen molar-refractivity contribution in [3.05, 3.63) is 5.69 Å². The van der Waals surface area contributed by atoms with Gasteiger partial charge in [-0.1, -0.05) is 0 Å². The molecule has 132 valence electrons. The molecule has 1 unspecified atom stereocenters. The third-order valence-electron chi connectivity index (χ3n) is 3.51. The molecule has 3 rings (SSSR count). The second-order valence-electron chi connectivity index (χ2n) is 5.19. The molecule has 9 nitrogen and oxygen atoms in total. The lowest BCUT2D eigenvalue weighted by Gasteiger charge is -2.29. The number of methoxy groups -OCH3 is 1. The summed E-state index contributed by atoms with van der Waals surface area (Å²) in [5.74, 6) is -2.64. The Morgan fingerprint density at radius 2 is 2.12 bits per heavy atom. The van der Waals surface area contributed by atoms with E-state index < -0.39 is 24.3 Å². The Labute approximate surface area is 133 Å². The fraction of sp³-hybridized carbons (Fsp3) is 0.583. The van der Waals surface area contributed by atoms with E-state index in [1.54, 1.807) is 0 Å². The molecule has 1 fully saturated rings. The quantitative estimate of drug-likeness (QED) is 0.818. The predicted octanol–water partition coefficient (Wildman–Crippen LogP) is 0.526. The maximum atomic E-state index is 12.4. The van der Waals surface area contributed by atoms with Crippen molar-refractivity contribution in [2.24, 2.45) is 10.7 Å². The van der Waals surface area contributed by atoms with Crippen molar-refractivity contribution >= 4 is 17.8 Å². The van der Waals surface area contributed by atoms with Crippen LogP contribution in [0, 0.1) is 0 Å². The molecule has 0 spiro atoms. The Balaban J connectivity index is 1.93. The maximum absolute atomic E-state index is 12.4. The minimum atomic E-state index is -5.19. The lowest BCUT2D eigenvalue weighted by atomic mass is 9.96. The Bertz CT molecular complexity index is 683. The van der Waals surface area contributed by atoms with Gasteiger partial charge in [0.1, 0.15) is 18.0 Å². The van der Waals surface area contributed by atoms with E-state index in [2.05, 4.69) is 20.1 Å². The van der Waals surface area contributed by atoms with Crippen LogP contribution in [0.4, 0.5) is 19.0 Å². The molecule has 0 aromatic carbocycles. The SMILES string of the molecule is COc1nc2c(n1OC(=O)C(F)(F)F)N=C(OC1CCC1)NC2N. The number of amidine groups is 1. The second-order valence-corrected chi connectivity index (χ2v) is 5.19. The summed E-state index contributed by atoms with van der Waals surface area (Å²) in [6, 6.07) is -0.380. The van der Waals surface area contributed by atoms with Crippen LogP contribution >= 0.6 is 0 Å². The lowest BCUT2D eigenvalue weighted by molar-refractivity contribution is -0.200. The Hall–Kier alpha value is -2.50. The topological polar surface area (TPSA) is 113 Å². The van der Waals surface area contributed by atoms with Gasteiger partial charge in [0.15, 0.2) is 0 Å². The fourth-order valence-electron chi connectivity index (χ4n) is 2.09. The van der Waals surface area contributed by atoms with E-state index in [9.17, 15) is 18.0 Å². The average Bonchev–Trinajstić information content (AvgIpc) is 2.81. The first-order chi connectivity index (χ1) is 11.3. The van der Waals surface area contributed by atoms with E-state index in [0.29, 0.717) is 4.73 Å². The number of hydrogen-bond donors (Lipinski definition) is 2. The van der Waals surface area contributed by atoms with Crippen molar-refractivity contribution in [1.82, 2.24) is 15.0 Å². The number of rotatable bonds is 3. The van der Waals surface area contributed by atoms with Gasteiger partial charge < -0.3 is 25.4 Å². The fourth-order valence-corrected chi connectivity index (χ4v) is 2.09. The van der Waals surface area contributed by atoms with Gasteiger partial charge in [-0.25, -0.2) is 4.79 Å². The van der Waals surface area contributed by atoms with Crippen LogP contribution in [0.25, 0.3) is 0 Å². The van der Waals surface area contributed by atoms with Crippen LogP contribution in [0.5, 0.6) is 6.01 Å². The molecule has 1 aromatic rings. The molecule has 1 aliphatic carbocycles. The van der Waals surface area contributed by atoms with Crippen molar-refractivity contribution in [2.75, 3.05) is 7.11 Å². The van der Waals surface area contributed by atoms with Gasteiger partial charge in [-0.3, -0.25) is 0 Å². The molecule has 3 N–H and O–H groups in total. The van der Waals surface area contributed by atoms with Crippen LogP contribution < -0.4 is 20.6 Å². The first-order valence-electron chi connectivity index (χ1n) is 7.03. The third kappa shape index (κ3) is 2.96. The van der Waals surface area contributed by atoms with Crippen molar-refractivity contribution in [1.29, 1.82) is 0 Å². The molecule has 12 heteroatoms. The summed E-state index contributed by atoms with van der Waals surface area (Å²) in [6.45, 7) is 0. The van der Waals surface area contributed by atoms with Gasteiger partial charge in [0.2, 0.25) is 5.82 Å². The van der Waals surface area contributed by atoms with Gasteiger partial charge in [0, 0.05) is 0 Å². The molecular weight excluding hydrogens is 335 g/mol. The van der Waals surface area contributed by atoms with E-state index in [-0.39, 0.29) is 23.6 Å². The normalized spacial score (nSPS) is 20.4. The lowest BCUT2D eigenvalue weighted by Crippen LogP contribution is -2.41. The largest absolute Gasteiger partial charge is 0.493 e. The molecule has 0 bridgehead atoms. The summed E-state index contributed by atoms with van der Waals surface area (Å²) < 4.78 is 48.1. The number of carbonyl (C=O) groups is 1. The van der Waals surface area contributed by atoms with Gasteiger partial charge in [0.05, 0.1) is 7.11 Å². The van der Waals surface area contributed by atoms with Crippen LogP contribution in [-0.2, 0) is 9.53 Å². The maximum Gasteiger partial charge on any atom is 0.493 e. The van der Waals surface area contributed by atoms with E-state index >= 15 is 0 Å². The summed E-state index contributed by atoms with van der Waals surface area (Å²) in [6.07, 6.45) is -3.44. The number of hydrogen-bond acceptors (Lipinski definition) is 8. The highest BCUT2D eigenvalue weighted by molar-refractivity contribution is 5.80. The molecule has 1 saturated carbocycles. The second kappa shape index (κ2) is 5.85. The molecule has 0 radical (unpaired) electrons. The monoisotopic (exact) mass is 349 g/mol. The first kappa shape index (κ1) is 16.4. The number of aliphatic imine (C=N–C) groups is 1. The van der Waals surface area contributed by atoms with Crippen molar-refractivity contribution in [2.45, 2.75) is 37.7 Å². The van der Waals surface area contributed by atoms with Gasteiger partial charge >= 0.3 is 18.2 Å².